The van der Waals surface area contributed by atoms with Crippen LogP contribution in [0.4, 0.5) is 0 Å². The number of rotatable bonds is 13. The number of unbranched alkanes of at least 4 members (excludes halogenated alkanes) is 1. The molecule has 0 saturated carbocycles. The van der Waals surface area contributed by atoms with Gasteiger partial charge in [-0.2, -0.15) is 0 Å². The smallest absolute Gasteiger partial charge is 0.323 e. The highest BCUT2D eigenvalue weighted by atomic mass is 16.5. The zero-order valence-electron chi connectivity index (χ0n) is 16.1. The van der Waals surface area contributed by atoms with Gasteiger partial charge in [0.2, 0.25) is 0 Å². The Morgan fingerprint density at radius 2 is 1.96 bits per heavy atom. The molecule has 1 unspecified atom stereocenters. The van der Waals surface area contributed by atoms with Crippen molar-refractivity contribution in [1.82, 2.24) is 5.32 Å². The summed E-state index contributed by atoms with van der Waals surface area (Å²) in [4.78, 5) is 4.35. The van der Waals surface area contributed by atoms with Crippen molar-refractivity contribution in [3.63, 3.8) is 0 Å². The van der Waals surface area contributed by atoms with Crippen LogP contribution in [-0.4, -0.2) is 51.4 Å². The molecule has 1 aromatic rings. The lowest BCUT2D eigenvalue weighted by Crippen LogP contribution is -2.38. The minimum absolute atomic E-state index is 0.244. The minimum atomic E-state index is -0.564. The van der Waals surface area contributed by atoms with Crippen LogP contribution in [0, 0.1) is 5.92 Å². The van der Waals surface area contributed by atoms with E-state index in [1.807, 2.05) is 24.3 Å². The van der Waals surface area contributed by atoms with E-state index in [1.54, 1.807) is 8.05 Å². The average Bonchev–Trinajstić information content (AvgIpc) is 2.59. The third-order valence-corrected chi connectivity index (χ3v) is 3.84. The number of aliphatic hydroxyl groups excluding tert-OH is 1. The van der Waals surface area contributed by atoms with Crippen molar-refractivity contribution in [1.29, 1.82) is 0 Å². The van der Waals surface area contributed by atoms with Crippen LogP contribution >= 0.6 is 0 Å². The summed E-state index contributed by atoms with van der Waals surface area (Å²) in [6, 6.07) is 7.78. The van der Waals surface area contributed by atoms with E-state index in [9.17, 15) is 5.11 Å². The van der Waals surface area contributed by atoms with Crippen LogP contribution in [0.25, 0.3) is 0 Å². The molecule has 0 aliphatic carbocycles. The van der Waals surface area contributed by atoms with Gasteiger partial charge in [-0.1, -0.05) is 39.3 Å². The van der Waals surface area contributed by atoms with Crippen LogP contribution in [-0.2, 0) is 11.1 Å². The Morgan fingerprint density at radius 3 is 2.56 bits per heavy atom. The predicted molar refractivity (Wildman–Crippen MR) is 106 cm³/mol. The Labute approximate surface area is 153 Å². The van der Waals surface area contributed by atoms with E-state index in [1.165, 1.54) is 6.40 Å². The van der Waals surface area contributed by atoms with Crippen molar-refractivity contribution in [3.8, 4) is 5.75 Å². The van der Waals surface area contributed by atoms with Crippen LogP contribution in [0.15, 0.2) is 29.3 Å². The summed E-state index contributed by atoms with van der Waals surface area (Å²) in [5, 5.41) is 13.7. The van der Waals surface area contributed by atoms with Gasteiger partial charge in [-0.15, -0.1) is 0 Å². The summed E-state index contributed by atoms with van der Waals surface area (Å²) in [6.07, 6.45) is 3.68. The second kappa shape index (κ2) is 12.8. The first-order valence-electron chi connectivity index (χ1n) is 9.21. The molecule has 0 saturated heterocycles. The first-order chi connectivity index (χ1) is 12.1. The molecule has 6 heteroatoms. The van der Waals surface area contributed by atoms with Gasteiger partial charge in [0.1, 0.15) is 5.75 Å². The predicted octanol–water partition coefficient (Wildman–Crippen LogP) is 1.98. The Hall–Kier alpha value is -1.53. The van der Waals surface area contributed by atoms with Crippen molar-refractivity contribution in [3.05, 3.63) is 29.8 Å². The fourth-order valence-electron chi connectivity index (χ4n) is 2.38. The summed E-state index contributed by atoms with van der Waals surface area (Å²) in [5.41, 5.74) is 1.11. The van der Waals surface area contributed by atoms with Crippen molar-refractivity contribution in [2.24, 2.45) is 10.9 Å². The highest BCUT2D eigenvalue weighted by molar-refractivity contribution is 6.02. The number of ether oxygens (including phenoxy) is 1. The van der Waals surface area contributed by atoms with Crippen LogP contribution in [0.5, 0.6) is 5.75 Å². The van der Waals surface area contributed by atoms with Crippen molar-refractivity contribution in [2.45, 2.75) is 52.2 Å². The molecule has 0 heterocycles. The zero-order chi connectivity index (χ0) is 18.5. The molecule has 140 valence electrons. The first-order valence-corrected chi connectivity index (χ1v) is 9.21. The normalized spacial score (nSPS) is 14.0. The molecule has 0 amide bonds. The van der Waals surface area contributed by atoms with Gasteiger partial charge >= 0.3 is 8.05 Å². The molecule has 0 aromatic heterocycles. The van der Waals surface area contributed by atoms with Crippen molar-refractivity contribution >= 4 is 14.4 Å². The highest BCUT2D eigenvalue weighted by Gasteiger charge is 2.18. The van der Waals surface area contributed by atoms with Crippen molar-refractivity contribution < 1.29 is 14.5 Å². The number of aliphatic imine (C=N–C) groups is 1. The SMILES string of the molecule is BOC=N[C@@H](Cc1ccc(OCCCC)cc1)C(O)CNCC(C)C. The molecular formula is C19H33BN2O3. The standard InChI is InChI=1S/C19H33BN2O3/c1-4-5-10-24-17-8-6-16(7-9-17)11-18(22-14-25-20)19(23)13-21-12-15(2)3/h6-9,14-15,18-19,21,23H,4-5,10-13,20H2,1-3H3/t18-,19?/m0/s1. The van der Waals surface area contributed by atoms with Gasteiger partial charge in [-0.25, -0.2) is 0 Å². The van der Waals surface area contributed by atoms with E-state index in [-0.39, 0.29) is 6.04 Å². The van der Waals surface area contributed by atoms with Crippen LogP contribution in [0.2, 0.25) is 0 Å². The largest absolute Gasteiger partial charge is 0.560 e. The third-order valence-electron chi connectivity index (χ3n) is 3.84. The van der Waals surface area contributed by atoms with Crippen LogP contribution in [0.3, 0.4) is 0 Å². The maximum absolute atomic E-state index is 10.5. The molecule has 0 radical (unpaired) electrons. The number of benzene rings is 1. The minimum Gasteiger partial charge on any atom is -0.560 e. The Bertz CT molecular complexity index is 480. The summed E-state index contributed by atoms with van der Waals surface area (Å²) in [5.74, 6) is 1.43. The topological polar surface area (TPSA) is 63.1 Å². The summed E-state index contributed by atoms with van der Waals surface area (Å²) in [6.45, 7) is 8.57. The van der Waals surface area contributed by atoms with Gasteiger partial charge in [-0.05, 0) is 43.0 Å². The van der Waals surface area contributed by atoms with Gasteiger partial charge in [0, 0.05) is 6.54 Å². The van der Waals surface area contributed by atoms with E-state index in [0.29, 0.717) is 18.9 Å². The van der Waals surface area contributed by atoms with E-state index < -0.39 is 6.10 Å². The van der Waals surface area contributed by atoms with Gasteiger partial charge in [0.05, 0.1) is 18.8 Å². The second-order valence-electron chi connectivity index (χ2n) is 6.73. The monoisotopic (exact) mass is 348 g/mol. The lowest BCUT2D eigenvalue weighted by molar-refractivity contribution is 0.141. The summed E-state index contributed by atoms with van der Waals surface area (Å²) in [7, 11) is 1.56. The molecular weight excluding hydrogens is 315 g/mol. The molecule has 0 bridgehead atoms. The number of hydrogen-bond acceptors (Lipinski definition) is 5. The third kappa shape index (κ3) is 9.51. The zero-order valence-corrected chi connectivity index (χ0v) is 16.1. The molecule has 25 heavy (non-hydrogen) atoms. The molecule has 0 aliphatic rings. The quantitative estimate of drug-likeness (QED) is 0.248. The number of nitrogens with zero attached hydrogens (tertiary/aromatic N) is 1. The first kappa shape index (κ1) is 21.5. The second-order valence-corrected chi connectivity index (χ2v) is 6.73. The molecule has 0 aliphatic heterocycles. The molecule has 2 atom stereocenters. The van der Waals surface area contributed by atoms with Crippen LogP contribution < -0.4 is 10.1 Å². The fraction of sp³-hybridized carbons (Fsp3) is 0.632. The highest BCUT2D eigenvalue weighted by Crippen LogP contribution is 2.16. The Kier molecular flexibility index (Phi) is 11.0. The summed E-state index contributed by atoms with van der Waals surface area (Å²) >= 11 is 0. The number of aliphatic hydroxyl groups is 1. The number of nitrogens with one attached hydrogen (secondary N) is 1. The number of hydrogen-bond donors (Lipinski definition) is 2. The van der Waals surface area contributed by atoms with E-state index in [2.05, 4.69) is 31.1 Å². The average molecular weight is 348 g/mol. The van der Waals surface area contributed by atoms with Gasteiger partial charge < -0.3 is 19.8 Å². The summed E-state index contributed by atoms with van der Waals surface area (Å²) < 4.78 is 10.6. The lowest BCUT2D eigenvalue weighted by atomic mass is 10.0. The molecule has 0 fully saturated rings. The molecule has 0 spiro atoms. The molecule has 2 N–H and O–H groups in total. The van der Waals surface area contributed by atoms with E-state index >= 15 is 0 Å². The molecule has 1 rings (SSSR count). The van der Waals surface area contributed by atoms with Crippen LogP contribution in [0.1, 0.15) is 39.2 Å². The van der Waals surface area contributed by atoms with Gasteiger partial charge in [-0.3, -0.25) is 4.99 Å². The van der Waals surface area contributed by atoms with E-state index in [0.717, 1.165) is 37.3 Å². The maximum atomic E-state index is 10.5. The van der Waals surface area contributed by atoms with E-state index in [4.69, 9.17) is 9.39 Å². The lowest BCUT2D eigenvalue weighted by Gasteiger charge is -2.20. The maximum Gasteiger partial charge on any atom is 0.323 e. The molecule has 1 aromatic carbocycles. The fourth-order valence-corrected chi connectivity index (χ4v) is 2.38. The van der Waals surface area contributed by atoms with Gasteiger partial charge in [0.15, 0.2) is 6.40 Å². The van der Waals surface area contributed by atoms with Gasteiger partial charge in [0.25, 0.3) is 0 Å². The molecule has 5 nitrogen and oxygen atoms in total. The Balaban J connectivity index is 2.59. The Morgan fingerprint density at radius 1 is 1.24 bits per heavy atom. The van der Waals surface area contributed by atoms with Crippen molar-refractivity contribution in [2.75, 3.05) is 19.7 Å².